The Balaban J connectivity index is 1.22. The number of nitrogens with two attached hydrogens (primary N) is 1. The molecule has 174 valence electrons. The molecule has 7 heteroatoms. The SMILES string of the molecule is CC(C(=O)OC12CC3C[C@H](C1)CC([C@H](N)C(=O)N1C4CC4C[C@H]1C#N)(C3)C2)N1CCCC1. The Morgan fingerprint density at radius 2 is 1.78 bits per heavy atom. The molecular weight excluding hydrogens is 404 g/mol. The normalized spacial score (nSPS) is 45.9. The van der Waals surface area contributed by atoms with Crippen LogP contribution in [-0.2, 0) is 14.3 Å². The van der Waals surface area contributed by atoms with E-state index in [1.807, 2.05) is 11.8 Å². The zero-order valence-corrected chi connectivity index (χ0v) is 19.2. The van der Waals surface area contributed by atoms with E-state index in [-0.39, 0.29) is 35.4 Å². The molecule has 0 aromatic rings. The summed E-state index contributed by atoms with van der Waals surface area (Å²) in [6.45, 7) is 3.91. The number of fused-ring (bicyclic) bond motifs is 1. The van der Waals surface area contributed by atoms with Crippen LogP contribution in [0.4, 0.5) is 0 Å². The number of hydrogen-bond donors (Lipinski definition) is 1. The number of piperidine rings is 1. The fraction of sp³-hybridized carbons (Fsp3) is 0.880. The molecule has 2 N–H and O–H groups in total. The van der Waals surface area contributed by atoms with E-state index in [0.717, 1.165) is 64.5 Å². The molecule has 5 aliphatic carbocycles. The summed E-state index contributed by atoms with van der Waals surface area (Å²) in [6.07, 6.45) is 9.73. The fourth-order valence-corrected chi connectivity index (χ4v) is 8.62. The maximum absolute atomic E-state index is 13.6. The molecule has 7 aliphatic rings. The molecule has 0 radical (unpaired) electrons. The van der Waals surface area contributed by atoms with Crippen LogP contribution in [0.2, 0.25) is 0 Å². The minimum Gasteiger partial charge on any atom is -0.458 e. The van der Waals surface area contributed by atoms with Gasteiger partial charge in [-0.2, -0.15) is 5.26 Å². The number of rotatable bonds is 5. The molecule has 2 heterocycles. The first-order valence-corrected chi connectivity index (χ1v) is 12.8. The van der Waals surface area contributed by atoms with Gasteiger partial charge in [0.05, 0.1) is 12.1 Å². The second-order valence-electron chi connectivity index (χ2n) is 12.0. The molecule has 1 amide bonds. The lowest BCUT2D eigenvalue weighted by Crippen LogP contribution is -2.66. The predicted octanol–water partition coefficient (Wildman–Crippen LogP) is 2.19. The fourth-order valence-electron chi connectivity index (χ4n) is 8.62. The largest absolute Gasteiger partial charge is 0.458 e. The molecule has 0 spiro atoms. The number of nitriles is 1. The Morgan fingerprint density at radius 1 is 1.09 bits per heavy atom. The summed E-state index contributed by atoms with van der Waals surface area (Å²) in [5.74, 6) is 1.31. The van der Waals surface area contributed by atoms with Crippen LogP contribution in [0.3, 0.4) is 0 Å². The molecule has 6 unspecified atom stereocenters. The average Bonchev–Trinajstić information content (AvgIpc) is 3.15. The quantitative estimate of drug-likeness (QED) is 0.658. The smallest absolute Gasteiger partial charge is 0.323 e. The van der Waals surface area contributed by atoms with Crippen LogP contribution >= 0.6 is 0 Å². The second kappa shape index (κ2) is 7.17. The molecule has 7 fully saturated rings. The summed E-state index contributed by atoms with van der Waals surface area (Å²) in [5, 5.41) is 9.58. The molecule has 4 bridgehead atoms. The van der Waals surface area contributed by atoms with Gasteiger partial charge in [0.2, 0.25) is 5.91 Å². The third-order valence-corrected chi connectivity index (χ3v) is 9.83. The molecule has 7 nitrogen and oxygen atoms in total. The van der Waals surface area contributed by atoms with E-state index >= 15 is 0 Å². The monoisotopic (exact) mass is 440 g/mol. The number of likely N-dealkylation sites (tertiary alicyclic amines) is 2. The molecule has 32 heavy (non-hydrogen) atoms. The minimum atomic E-state index is -0.599. The number of carbonyl (C=O) groups excluding carboxylic acids is 2. The third kappa shape index (κ3) is 3.13. The molecule has 0 aromatic carbocycles. The molecule has 0 aromatic heterocycles. The van der Waals surface area contributed by atoms with Crippen molar-refractivity contribution in [2.75, 3.05) is 13.1 Å². The number of nitrogens with zero attached hydrogens (tertiary/aromatic N) is 3. The summed E-state index contributed by atoms with van der Waals surface area (Å²) in [7, 11) is 0. The van der Waals surface area contributed by atoms with Crippen molar-refractivity contribution in [3.8, 4) is 6.07 Å². The van der Waals surface area contributed by atoms with Gasteiger partial charge in [-0.05, 0) is 107 Å². The number of hydrogen-bond acceptors (Lipinski definition) is 6. The van der Waals surface area contributed by atoms with Crippen molar-refractivity contribution in [2.45, 2.75) is 101 Å². The van der Waals surface area contributed by atoms with Crippen LogP contribution in [0.25, 0.3) is 0 Å². The topological polar surface area (TPSA) is 99.7 Å². The Morgan fingerprint density at radius 3 is 2.44 bits per heavy atom. The van der Waals surface area contributed by atoms with Crippen LogP contribution in [0.5, 0.6) is 0 Å². The zero-order valence-electron chi connectivity index (χ0n) is 19.2. The van der Waals surface area contributed by atoms with Crippen LogP contribution in [0, 0.1) is 34.5 Å². The first-order valence-electron chi connectivity index (χ1n) is 12.8. The van der Waals surface area contributed by atoms with Gasteiger partial charge in [-0.1, -0.05) is 0 Å². The number of esters is 1. The second-order valence-corrected chi connectivity index (χ2v) is 12.0. The van der Waals surface area contributed by atoms with Crippen molar-refractivity contribution in [2.24, 2.45) is 28.9 Å². The van der Waals surface area contributed by atoms with Gasteiger partial charge in [-0.25, -0.2) is 0 Å². The van der Waals surface area contributed by atoms with Crippen molar-refractivity contribution in [3.05, 3.63) is 0 Å². The predicted molar refractivity (Wildman–Crippen MR) is 117 cm³/mol. The van der Waals surface area contributed by atoms with Crippen LogP contribution < -0.4 is 5.73 Å². The highest BCUT2D eigenvalue weighted by atomic mass is 16.6. The molecule has 5 saturated carbocycles. The van der Waals surface area contributed by atoms with Gasteiger partial charge in [-0.15, -0.1) is 0 Å². The van der Waals surface area contributed by atoms with E-state index in [4.69, 9.17) is 10.5 Å². The molecule has 7 rings (SSSR count). The van der Waals surface area contributed by atoms with E-state index in [0.29, 0.717) is 24.2 Å². The Hall–Kier alpha value is -1.65. The Kier molecular flexibility index (Phi) is 4.69. The summed E-state index contributed by atoms with van der Waals surface area (Å²) in [5.41, 5.74) is 6.03. The molecule has 2 saturated heterocycles. The Labute approximate surface area is 190 Å². The van der Waals surface area contributed by atoms with Gasteiger partial charge in [0.1, 0.15) is 17.7 Å². The Bertz CT molecular complexity index is 848. The van der Waals surface area contributed by atoms with Gasteiger partial charge >= 0.3 is 5.97 Å². The van der Waals surface area contributed by atoms with E-state index in [9.17, 15) is 14.9 Å². The van der Waals surface area contributed by atoms with Crippen molar-refractivity contribution in [1.82, 2.24) is 9.80 Å². The van der Waals surface area contributed by atoms with Crippen LogP contribution in [0.1, 0.15) is 71.1 Å². The first kappa shape index (κ1) is 20.9. The van der Waals surface area contributed by atoms with E-state index in [1.54, 1.807) is 0 Å². The highest BCUT2D eigenvalue weighted by molar-refractivity contribution is 5.84. The standard InChI is InChI=1S/C25H36N4O3/c1-15(28-4-2-3-5-28)23(31)32-25-11-16-6-17(12-25)10-24(9-16,14-25)21(27)22(30)29-19(13-26)7-18-8-20(18)29/h15-21H,2-12,14,27H2,1H3/t15?,16-,17?,18?,19-,20?,21+,24?,25?/m0/s1. The number of carbonyl (C=O) groups is 2. The minimum absolute atomic E-state index is 0.0320. The average molecular weight is 441 g/mol. The van der Waals surface area contributed by atoms with Crippen LogP contribution in [0.15, 0.2) is 0 Å². The maximum atomic E-state index is 13.6. The van der Waals surface area contributed by atoms with Crippen molar-refractivity contribution in [1.29, 1.82) is 5.26 Å². The van der Waals surface area contributed by atoms with E-state index in [2.05, 4.69) is 11.0 Å². The highest BCUT2D eigenvalue weighted by Gasteiger charge is 2.64. The first-order chi connectivity index (χ1) is 15.3. The molecule has 2 aliphatic heterocycles. The lowest BCUT2D eigenvalue weighted by molar-refractivity contribution is -0.209. The maximum Gasteiger partial charge on any atom is 0.323 e. The van der Waals surface area contributed by atoms with Crippen molar-refractivity contribution >= 4 is 11.9 Å². The van der Waals surface area contributed by atoms with Gasteiger partial charge < -0.3 is 15.4 Å². The van der Waals surface area contributed by atoms with Gasteiger partial charge in [0.15, 0.2) is 0 Å². The lowest BCUT2D eigenvalue weighted by atomic mass is 9.46. The highest BCUT2D eigenvalue weighted by Crippen LogP contribution is 2.64. The van der Waals surface area contributed by atoms with E-state index in [1.165, 1.54) is 6.42 Å². The lowest BCUT2D eigenvalue weighted by Gasteiger charge is -2.62. The third-order valence-electron chi connectivity index (χ3n) is 9.83. The van der Waals surface area contributed by atoms with E-state index < -0.39 is 11.6 Å². The van der Waals surface area contributed by atoms with Crippen molar-refractivity contribution < 1.29 is 14.3 Å². The number of amides is 1. The zero-order chi connectivity index (χ0) is 22.3. The molecular formula is C25H36N4O3. The van der Waals surface area contributed by atoms with Gasteiger partial charge in [0, 0.05) is 6.04 Å². The van der Waals surface area contributed by atoms with Gasteiger partial charge in [-0.3, -0.25) is 14.5 Å². The number of ether oxygens (including phenoxy) is 1. The summed E-state index contributed by atoms with van der Waals surface area (Å²) >= 11 is 0. The van der Waals surface area contributed by atoms with Crippen LogP contribution in [-0.4, -0.2) is 64.5 Å². The van der Waals surface area contributed by atoms with Crippen molar-refractivity contribution in [3.63, 3.8) is 0 Å². The summed E-state index contributed by atoms with van der Waals surface area (Å²) in [4.78, 5) is 30.8. The summed E-state index contributed by atoms with van der Waals surface area (Å²) < 4.78 is 6.36. The molecule has 9 atom stereocenters. The van der Waals surface area contributed by atoms with Gasteiger partial charge in [0.25, 0.3) is 0 Å². The summed E-state index contributed by atoms with van der Waals surface area (Å²) in [6, 6.07) is 1.43.